The number of hydrogen-bond donors (Lipinski definition) is 3. The summed E-state index contributed by atoms with van der Waals surface area (Å²) in [4.78, 5) is 14.8. The molecule has 0 atom stereocenters. The second-order valence-electron chi connectivity index (χ2n) is 6.57. The number of rotatable bonds is 5. The van der Waals surface area contributed by atoms with E-state index in [1.165, 1.54) is 12.8 Å². The van der Waals surface area contributed by atoms with Crippen molar-refractivity contribution in [2.75, 3.05) is 26.7 Å². The number of amides is 1. The van der Waals surface area contributed by atoms with Crippen LogP contribution in [0.15, 0.2) is 5.16 Å². The van der Waals surface area contributed by atoms with Crippen LogP contribution in [0, 0.1) is 11.3 Å². The Labute approximate surface area is 126 Å². The minimum Gasteiger partial charge on any atom is -0.409 e. The van der Waals surface area contributed by atoms with Gasteiger partial charge in [0.05, 0.1) is 0 Å². The normalized spacial score (nSPS) is 24.1. The first-order valence-electron chi connectivity index (χ1n) is 8.03. The largest absolute Gasteiger partial charge is 0.409 e. The molecule has 1 amide bonds. The molecule has 2 rings (SSSR count). The van der Waals surface area contributed by atoms with Gasteiger partial charge in [-0.25, -0.2) is 0 Å². The molecule has 0 unspecified atom stereocenters. The van der Waals surface area contributed by atoms with Gasteiger partial charge >= 0.3 is 0 Å². The predicted octanol–water partition coefficient (Wildman–Crippen LogP) is 1.14. The first kappa shape index (κ1) is 16.1. The molecule has 0 aromatic heterocycles. The van der Waals surface area contributed by atoms with Gasteiger partial charge in [-0.2, -0.15) is 0 Å². The van der Waals surface area contributed by atoms with Crippen LogP contribution in [0.3, 0.4) is 0 Å². The molecule has 1 heterocycles. The second kappa shape index (κ2) is 7.11. The highest BCUT2D eigenvalue weighted by Gasteiger charge is 2.45. The smallest absolute Gasteiger partial charge is 0.233 e. The Bertz CT molecular complexity index is 383. The number of nitrogens with one attached hydrogen (secondary N) is 1. The van der Waals surface area contributed by atoms with Crippen LogP contribution >= 0.6 is 0 Å². The molecule has 2 aliphatic rings. The van der Waals surface area contributed by atoms with E-state index in [1.54, 1.807) is 0 Å². The molecule has 21 heavy (non-hydrogen) atoms. The van der Waals surface area contributed by atoms with Gasteiger partial charge in [0.15, 0.2) is 5.84 Å². The highest BCUT2D eigenvalue weighted by Crippen LogP contribution is 2.38. The van der Waals surface area contributed by atoms with E-state index < -0.39 is 5.41 Å². The molecule has 4 N–H and O–H groups in total. The number of nitrogens with zero attached hydrogens (tertiary/aromatic N) is 2. The number of carbonyl (C=O) groups is 1. The summed E-state index contributed by atoms with van der Waals surface area (Å²) in [5.74, 6) is 0.699. The number of piperidine rings is 1. The fraction of sp³-hybridized carbons (Fsp3) is 0.867. The molecule has 6 heteroatoms. The second-order valence-corrected chi connectivity index (χ2v) is 6.57. The first-order chi connectivity index (χ1) is 10.1. The summed E-state index contributed by atoms with van der Waals surface area (Å²) in [6.45, 7) is 2.98. The summed E-state index contributed by atoms with van der Waals surface area (Å²) in [6, 6.07) is 0. The zero-order chi connectivity index (χ0) is 15.3. The van der Waals surface area contributed by atoms with Crippen LogP contribution < -0.4 is 11.1 Å². The van der Waals surface area contributed by atoms with Gasteiger partial charge in [-0.1, -0.05) is 18.0 Å². The minimum absolute atomic E-state index is 0.0665. The van der Waals surface area contributed by atoms with Gasteiger partial charge in [0.2, 0.25) is 5.91 Å². The fourth-order valence-electron chi connectivity index (χ4n) is 3.58. The van der Waals surface area contributed by atoms with E-state index in [0.717, 1.165) is 32.4 Å². The summed E-state index contributed by atoms with van der Waals surface area (Å²) < 4.78 is 0. The van der Waals surface area contributed by atoms with Crippen LogP contribution in [0.1, 0.15) is 44.9 Å². The van der Waals surface area contributed by atoms with Crippen molar-refractivity contribution in [3.05, 3.63) is 0 Å². The van der Waals surface area contributed by atoms with Crippen molar-refractivity contribution in [1.29, 1.82) is 0 Å². The molecule has 0 aromatic carbocycles. The number of nitrogens with two attached hydrogens (primary N) is 1. The zero-order valence-electron chi connectivity index (χ0n) is 13.0. The van der Waals surface area contributed by atoms with Gasteiger partial charge in [-0.15, -0.1) is 0 Å². The molecule has 1 aliphatic carbocycles. The van der Waals surface area contributed by atoms with Crippen LogP contribution in [0.4, 0.5) is 0 Å². The molecule has 2 fully saturated rings. The summed E-state index contributed by atoms with van der Waals surface area (Å²) in [5.41, 5.74) is 5.00. The molecule has 1 aliphatic heterocycles. The summed E-state index contributed by atoms with van der Waals surface area (Å²) >= 11 is 0. The quantitative estimate of drug-likeness (QED) is 0.307. The van der Waals surface area contributed by atoms with Gasteiger partial charge in [0, 0.05) is 6.54 Å². The number of amidine groups is 1. The summed E-state index contributed by atoms with van der Waals surface area (Å²) in [7, 11) is 2.15. The third-order valence-corrected chi connectivity index (χ3v) is 5.17. The zero-order valence-corrected chi connectivity index (χ0v) is 13.0. The van der Waals surface area contributed by atoms with Crippen LogP contribution in [-0.4, -0.2) is 48.5 Å². The van der Waals surface area contributed by atoms with Crippen molar-refractivity contribution >= 4 is 11.7 Å². The van der Waals surface area contributed by atoms with E-state index in [2.05, 4.69) is 22.4 Å². The van der Waals surface area contributed by atoms with Crippen molar-refractivity contribution in [1.82, 2.24) is 10.2 Å². The SMILES string of the molecule is CN1CCC(CCNC(=O)C2(C(N)=NO)CCCC2)CC1. The topological polar surface area (TPSA) is 91.0 Å². The van der Waals surface area contributed by atoms with Crippen molar-refractivity contribution in [3.63, 3.8) is 0 Å². The Balaban J connectivity index is 1.80. The fourth-order valence-corrected chi connectivity index (χ4v) is 3.58. The van der Waals surface area contributed by atoms with E-state index in [-0.39, 0.29) is 11.7 Å². The lowest BCUT2D eigenvalue weighted by molar-refractivity contribution is -0.127. The lowest BCUT2D eigenvalue weighted by atomic mass is 9.83. The lowest BCUT2D eigenvalue weighted by Crippen LogP contribution is -2.48. The molecular formula is C15H28N4O2. The lowest BCUT2D eigenvalue weighted by Gasteiger charge is -2.30. The molecule has 1 saturated carbocycles. The van der Waals surface area contributed by atoms with Crippen LogP contribution in [0.5, 0.6) is 0 Å². The highest BCUT2D eigenvalue weighted by molar-refractivity contribution is 6.07. The number of likely N-dealkylation sites (tertiary alicyclic amines) is 1. The van der Waals surface area contributed by atoms with Crippen LogP contribution in [-0.2, 0) is 4.79 Å². The third kappa shape index (κ3) is 3.67. The molecule has 120 valence electrons. The Morgan fingerprint density at radius 1 is 1.38 bits per heavy atom. The Hall–Kier alpha value is -1.30. The minimum atomic E-state index is -0.776. The molecule has 0 aromatic rings. The average molecular weight is 296 g/mol. The maximum Gasteiger partial charge on any atom is 0.233 e. The van der Waals surface area contributed by atoms with Gasteiger partial charge < -0.3 is 21.2 Å². The van der Waals surface area contributed by atoms with Crippen molar-refractivity contribution in [3.8, 4) is 0 Å². The Morgan fingerprint density at radius 2 is 2.00 bits per heavy atom. The number of carbonyl (C=O) groups excluding carboxylic acids is 1. The number of hydrogen-bond acceptors (Lipinski definition) is 4. The summed E-state index contributed by atoms with van der Waals surface area (Å²) in [5, 5.41) is 15.1. The van der Waals surface area contributed by atoms with Gasteiger partial charge in [-0.3, -0.25) is 4.79 Å². The number of oxime groups is 1. The molecule has 1 saturated heterocycles. The van der Waals surface area contributed by atoms with Crippen molar-refractivity contribution in [2.45, 2.75) is 44.9 Å². The van der Waals surface area contributed by atoms with Gasteiger partial charge in [-0.05, 0) is 58.2 Å². The predicted molar refractivity (Wildman–Crippen MR) is 82.2 cm³/mol. The van der Waals surface area contributed by atoms with Crippen LogP contribution in [0.25, 0.3) is 0 Å². The van der Waals surface area contributed by atoms with Gasteiger partial charge in [0.25, 0.3) is 0 Å². The monoisotopic (exact) mass is 296 g/mol. The van der Waals surface area contributed by atoms with Crippen LogP contribution in [0.2, 0.25) is 0 Å². The van der Waals surface area contributed by atoms with E-state index in [0.29, 0.717) is 25.3 Å². The third-order valence-electron chi connectivity index (χ3n) is 5.17. The molecule has 6 nitrogen and oxygen atoms in total. The van der Waals surface area contributed by atoms with E-state index in [9.17, 15) is 4.79 Å². The highest BCUT2D eigenvalue weighted by atomic mass is 16.4. The molecule has 0 bridgehead atoms. The standard InChI is InChI=1S/C15H28N4O2/c1-19-10-5-12(6-11-19)4-9-17-14(20)15(13(16)18-21)7-2-3-8-15/h12,21H,2-11H2,1H3,(H2,16,18)(H,17,20). The maximum atomic E-state index is 12.5. The van der Waals surface area contributed by atoms with E-state index >= 15 is 0 Å². The van der Waals surface area contributed by atoms with Crippen molar-refractivity contribution < 1.29 is 10.0 Å². The van der Waals surface area contributed by atoms with Crippen molar-refractivity contribution in [2.24, 2.45) is 22.2 Å². The van der Waals surface area contributed by atoms with Gasteiger partial charge in [0.1, 0.15) is 5.41 Å². The summed E-state index contributed by atoms with van der Waals surface area (Å²) in [6.07, 6.45) is 6.71. The Kier molecular flexibility index (Phi) is 5.45. The first-order valence-corrected chi connectivity index (χ1v) is 8.03. The van der Waals surface area contributed by atoms with E-state index in [1.807, 2.05) is 0 Å². The van der Waals surface area contributed by atoms with E-state index in [4.69, 9.17) is 10.9 Å². The average Bonchev–Trinajstić information content (AvgIpc) is 2.99. The molecule has 0 spiro atoms. The maximum absolute atomic E-state index is 12.5. The molecular weight excluding hydrogens is 268 g/mol. The Morgan fingerprint density at radius 3 is 2.57 bits per heavy atom. The molecule has 0 radical (unpaired) electrons.